The molecular formula is C10H12O2. The Balaban J connectivity index is 1.92. The zero-order valence-corrected chi connectivity index (χ0v) is 6.95. The third kappa shape index (κ3) is 1.58. The Hall–Kier alpha value is -1.05. The molecule has 1 atom stereocenters. The average molecular weight is 164 g/mol. The lowest BCUT2D eigenvalue weighted by Gasteiger charge is -2.03. The van der Waals surface area contributed by atoms with E-state index in [2.05, 4.69) is 0 Å². The van der Waals surface area contributed by atoms with Crippen LogP contribution in [0.4, 0.5) is 0 Å². The van der Waals surface area contributed by atoms with Gasteiger partial charge in [0.1, 0.15) is 11.5 Å². The summed E-state index contributed by atoms with van der Waals surface area (Å²) in [5.74, 6) is 1.95. The molecule has 0 radical (unpaired) electrons. The highest BCUT2D eigenvalue weighted by Gasteiger charge is 2.22. The van der Waals surface area contributed by atoms with Crippen LogP contribution in [-0.4, -0.2) is 5.78 Å². The van der Waals surface area contributed by atoms with E-state index in [1.807, 2.05) is 12.1 Å². The summed E-state index contributed by atoms with van der Waals surface area (Å²) in [6.45, 7) is 0. The summed E-state index contributed by atoms with van der Waals surface area (Å²) >= 11 is 0. The van der Waals surface area contributed by atoms with Crippen LogP contribution in [0.15, 0.2) is 22.8 Å². The summed E-state index contributed by atoms with van der Waals surface area (Å²) in [6.07, 6.45) is 5.18. The van der Waals surface area contributed by atoms with Gasteiger partial charge in [0.15, 0.2) is 0 Å². The standard InChI is InChI=1S/C10H12O2/c11-9-4-3-8(6-9)7-10-2-1-5-12-10/h1-2,5,8H,3-4,6-7H2. The van der Waals surface area contributed by atoms with Crippen LogP contribution in [-0.2, 0) is 11.2 Å². The predicted octanol–water partition coefficient (Wildman–Crippen LogP) is 2.19. The van der Waals surface area contributed by atoms with E-state index in [0.717, 1.165) is 31.4 Å². The molecule has 1 aromatic rings. The molecule has 0 N–H and O–H groups in total. The molecule has 1 saturated carbocycles. The topological polar surface area (TPSA) is 30.2 Å². The second-order valence-corrected chi connectivity index (χ2v) is 3.43. The van der Waals surface area contributed by atoms with Crippen LogP contribution < -0.4 is 0 Å². The Morgan fingerprint density at radius 3 is 3.08 bits per heavy atom. The second-order valence-electron chi connectivity index (χ2n) is 3.43. The maximum Gasteiger partial charge on any atom is 0.133 e. The molecule has 1 aromatic heterocycles. The highest BCUT2D eigenvalue weighted by Crippen LogP contribution is 2.25. The van der Waals surface area contributed by atoms with E-state index in [9.17, 15) is 4.79 Å². The van der Waals surface area contributed by atoms with E-state index < -0.39 is 0 Å². The molecular weight excluding hydrogens is 152 g/mol. The van der Waals surface area contributed by atoms with E-state index in [4.69, 9.17) is 4.42 Å². The highest BCUT2D eigenvalue weighted by atomic mass is 16.3. The summed E-state index contributed by atoms with van der Waals surface area (Å²) < 4.78 is 5.22. The quantitative estimate of drug-likeness (QED) is 0.670. The van der Waals surface area contributed by atoms with Gasteiger partial charge < -0.3 is 4.42 Å². The van der Waals surface area contributed by atoms with Crippen molar-refractivity contribution in [3.8, 4) is 0 Å². The van der Waals surface area contributed by atoms with Crippen LogP contribution in [0.2, 0.25) is 0 Å². The monoisotopic (exact) mass is 164 g/mol. The molecule has 0 saturated heterocycles. The molecule has 1 aliphatic carbocycles. The summed E-state index contributed by atoms with van der Waals surface area (Å²) in [4.78, 5) is 11.0. The van der Waals surface area contributed by atoms with E-state index in [0.29, 0.717) is 11.7 Å². The molecule has 1 aliphatic rings. The fourth-order valence-electron chi connectivity index (χ4n) is 1.78. The maximum absolute atomic E-state index is 11.0. The Labute approximate surface area is 71.6 Å². The van der Waals surface area contributed by atoms with Gasteiger partial charge in [0, 0.05) is 19.3 Å². The lowest BCUT2D eigenvalue weighted by molar-refractivity contribution is -0.117. The number of carbonyl (C=O) groups excluding carboxylic acids is 1. The first-order chi connectivity index (χ1) is 5.84. The lowest BCUT2D eigenvalue weighted by Crippen LogP contribution is -1.98. The summed E-state index contributed by atoms with van der Waals surface area (Å²) in [5, 5.41) is 0. The van der Waals surface area contributed by atoms with Crippen molar-refractivity contribution in [3.05, 3.63) is 24.2 Å². The molecule has 2 nitrogen and oxygen atoms in total. The van der Waals surface area contributed by atoms with Crippen LogP contribution in [0.1, 0.15) is 25.0 Å². The van der Waals surface area contributed by atoms with Crippen LogP contribution in [0, 0.1) is 5.92 Å². The number of hydrogen-bond acceptors (Lipinski definition) is 2. The molecule has 1 heterocycles. The van der Waals surface area contributed by atoms with Crippen molar-refractivity contribution < 1.29 is 9.21 Å². The minimum Gasteiger partial charge on any atom is -0.469 e. The van der Waals surface area contributed by atoms with Crippen LogP contribution in [0.3, 0.4) is 0 Å². The van der Waals surface area contributed by atoms with Crippen molar-refractivity contribution in [2.45, 2.75) is 25.7 Å². The van der Waals surface area contributed by atoms with Gasteiger partial charge in [-0.1, -0.05) is 0 Å². The van der Waals surface area contributed by atoms with Gasteiger partial charge in [-0.15, -0.1) is 0 Å². The zero-order chi connectivity index (χ0) is 8.39. The first-order valence-corrected chi connectivity index (χ1v) is 4.38. The van der Waals surface area contributed by atoms with Gasteiger partial charge in [0.2, 0.25) is 0 Å². The van der Waals surface area contributed by atoms with Crippen molar-refractivity contribution in [2.24, 2.45) is 5.92 Å². The molecule has 0 amide bonds. The van der Waals surface area contributed by atoms with E-state index in [-0.39, 0.29) is 0 Å². The number of rotatable bonds is 2. The van der Waals surface area contributed by atoms with Crippen molar-refractivity contribution in [1.82, 2.24) is 0 Å². The largest absolute Gasteiger partial charge is 0.469 e. The highest BCUT2D eigenvalue weighted by molar-refractivity contribution is 5.80. The second kappa shape index (κ2) is 3.13. The van der Waals surface area contributed by atoms with Crippen LogP contribution in [0.5, 0.6) is 0 Å². The average Bonchev–Trinajstić information content (AvgIpc) is 2.63. The fraction of sp³-hybridized carbons (Fsp3) is 0.500. The number of carbonyl (C=O) groups is 1. The normalized spacial score (nSPS) is 23.3. The van der Waals surface area contributed by atoms with Gasteiger partial charge in [-0.25, -0.2) is 0 Å². The molecule has 1 fully saturated rings. The van der Waals surface area contributed by atoms with Crippen LogP contribution >= 0.6 is 0 Å². The van der Waals surface area contributed by atoms with Crippen molar-refractivity contribution in [3.63, 3.8) is 0 Å². The molecule has 2 heteroatoms. The Bertz CT molecular complexity index is 261. The first-order valence-electron chi connectivity index (χ1n) is 4.38. The molecule has 64 valence electrons. The predicted molar refractivity (Wildman–Crippen MR) is 44.8 cm³/mol. The van der Waals surface area contributed by atoms with Gasteiger partial charge in [0.25, 0.3) is 0 Å². The zero-order valence-electron chi connectivity index (χ0n) is 6.95. The molecule has 0 bridgehead atoms. The first kappa shape index (κ1) is 7.59. The van der Waals surface area contributed by atoms with Gasteiger partial charge in [-0.05, 0) is 24.5 Å². The Morgan fingerprint density at radius 1 is 1.58 bits per heavy atom. The minimum atomic E-state index is 0.409. The fourth-order valence-corrected chi connectivity index (χ4v) is 1.78. The number of Topliss-reactive ketones (excluding diaryl/α,β-unsaturated/α-hetero) is 1. The smallest absolute Gasteiger partial charge is 0.133 e. The van der Waals surface area contributed by atoms with E-state index in [1.165, 1.54) is 0 Å². The van der Waals surface area contributed by atoms with Gasteiger partial charge >= 0.3 is 0 Å². The SMILES string of the molecule is O=C1CCC(Cc2ccco2)C1. The maximum atomic E-state index is 11.0. The van der Waals surface area contributed by atoms with Crippen molar-refractivity contribution in [1.29, 1.82) is 0 Å². The molecule has 0 aromatic carbocycles. The third-order valence-corrected chi connectivity index (χ3v) is 2.42. The number of hydrogen-bond donors (Lipinski definition) is 0. The Kier molecular flexibility index (Phi) is 1.98. The molecule has 12 heavy (non-hydrogen) atoms. The van der Waals surface area contributed by atoms with Crippen molar-refractivity contribution in [2.75, 3.05) is 0 Å². The van der Waals surface area contributed by atoms with Gasteiger partial charge in [0.05, 0.1) is 6.26 Å². The molecule has 2 rings (SSSR count). The summed E-state index contributed by atoms with van der Waals surface area (Å²) in [6, 6.07) is 3.87. The molecule has 0 spiro atoms. The summed E-state index contributed by atoms with van der Waals surface area (Å²) in [7, 11) is 0. The van der Waals surface area contributed by atoms with E-state index >= 15 is 0 Å². The van der Waals surface area contributed by atoms with Gasteiger partial charge in [-0.3, -0.25) is 4.79 Å². The molecule has 1 unspecified atom stereocenters. The number of ketones is 1. The van der Waals surface area contributed by atoms with Gasteiger partial charge in [-0.2, -0.15) is 0 Å². The number of furan rings is 1. The summed E-state index contributed by atoms with van der Waals surface area (Å²) in [5.41, 5.74) is 0. The van der Waals surface area contributed by atoms with E-state index in [1.54, 1.807) is 6.26 Å². The third-order valence-electron chi connectivity index (χ3n) is 2.42. The van der Waals surface area contributed by atoms with Crippen molar-refractivity contribution >= 4 is 5.78 Å². The lowest BCUT2D eigenvalue weighted by atomic mass is 10.0. The Morgan fingerprint density at radius 2 is 2.50 bits per heavy atom. The minimum absolute atomic E-state index is 0.409. The molecule has 0 aliphatic heterocycles. The van der Waals surface area contributed by atoms with Crippen LogP contribution in [0.25, 0.3) is 0 Å².